The van der Waals surface area contributed by atoms with Gasteiger partial charge in [-0.25, -0.2) is 4.98 Å². The minimum absolute atomic E-state index is 0. The molecule has 2 fully saturated rings. The number of hydrogen-bond donors (Lipinski definition) is 1. The third kappa shape index (κ3) is 4.02. The average molecular weight is 418 g/mol. The molecule has 2 amide bonds. The Morgan fingerprint density at radius 1 is 1.31 bits per heavy atom. The Labute approximate surface area is 177 Å². The number of nitrogens with one attached hydrogen (secondary N) is 1. The fraction of sp³-hybridized carbons (Fsp3) is 0.476. The number of carbonyl (C=O) groups is 2. The highest BCUT2D eigenvalue weighted by Gasteiger charge is 2.40. The number of hydrogen-bond acceptors (Lipinski definition) is 4. The van der Waals surface area contributed by atoms with Crippen LogP contribution in [0.15, 0.2) is 36.7 Å². The van der Waals surface area contributed by atoms with Gasteiger partial charge in [-0.15, -0.1) is 12.4 Å². The van der Waals surface area contributed by atoms with Gasteiger partial charge in [-0.2, -0.15) is 0 Å². The van der Waals surface area contributed by atoms with Crippen LogP contribution in [0.2, 0.25) is 0 Å². The first kappa shape index (κ1) is 21.3. The van der Waals surface area contributed by atoms with E-state index in [4.69, 9.17) is 0 Å². The molecule has 29 heavy (non-hydrogen) atoms. The minimum atomic E-state index is -0.307. The first-order chi connectivity index (χ1) is 13.6. The molecule has 2 atom stereocenters. The van der Waals surface area contributed by atoms with Crippen LogP contribution in [0.25, 0.3) is 0 Å². The maximum absolute atomic E-state index is 13.4. The maximum atomic E-state index is 13.4. The molecule has 2 aliphatic heterocycles. The van der Waals surface area contributed by atoms with Gasteiger partial charge < -0.3 is 19.7 Å². The number of carbonyl (C=O) groups excluding carboxylic acids is 2. The van der Waals surface area contributed by atoms with Crippen molar-refractivity contribution in [3.05, 3.63) is 48.0 Å². The second kappa shape index (κ2) is 8.97. The van der Waals surface area contributed by atoms with E-state index in [1.165, 1.54) is 0 Å². The van der Waals surface area contributed by atoms with E-state index in [2.05, 4.69) is 17.2 Å². The van der Waals surface area contributed by atoms with Crippen LogP contribution in [-0.4, -0.2) is 52.4 Å². The lowest BCUT2D eigenvalue weighted by Crippen LogP contribution is -2.51. The van der Waals surface area contributed by atoms with Crippen LogP contribution < -0.4 is 10.2 Å². The molecule has 8 heteroatoms. The Hall–Kier alpha value is -2.38. The Bertz CT molecular complexity index is 883. The number of amides is 2. The maximum Gasteiger partial charge on any atom is 0.228 e. The molecule has 4 rings (SSSR count). The van der Waals surface area contributed by atoms with Gasteiger partial charge in [-0.1, -0.05) is 25.1 Å². The normalized spacial score (nSPS) is 21.9. The third-order valence-corrected chi connectivity index (χ3v) is 5.82. The summed E-state index contributed by atoms with van der Waals surface area (Å²) < 4.78 is 1.96. The molecule has 2 saturated heterocycles. The number of benzene rings is 1. The summed E-state index contributed by atoms with van der Waals surface area (Å²) in [5, 5.41) is 3.36. The predicted molar refractivity (Wildman–Crippen MR) is 114 cm³/mol. The number of piperazine rings is 1. The van der Waals surface area contributed by atoms with Gasteiger partial charge in [0.15, 0.2) is 0 Å². The molecule has 0 spiro atoms. The van der Waals surface area contributed by atoms with Crippen LogP contribution in [0.3, 0.4) is 0 Å². The van der Waals surface area contributed by atoms with Gasteiger partial charge in [0.2, 0.25) is 11.8 Å². The quantitative estimate of drug-likeness (QED) is 0.825. The molecule has 1 N–H and O–H groups in total. The van der Waals surface area contributed by atoms with Crippen molar-refractivity contribution in [2.24, 2.45) is 13.0 Å². The summed E-state index contributed by atoms with van der Waals surface area (Å²) in [6.45, 7) is 4.61. The molecule has 2 unspecified atom stereocenters. The molecule has 0 saturated carbocycles. The van der Waals surface area contributed by atoms with Crippen molar-refractivity contribution in [3.8, 4) is 0 Å². The van der Waals surface area contributed by atoms with Crippen LogP contribution in [0, 0.1) is 5.92 Å². The van der Waals surface area contributed by atoms with E-state index in [1.807, 2.05) is 47.0 Å². The van der Waals surface area contributed by atoms with E-state index < -0.39 is 0 Å². The molecular formula is C21H28ClN5O2. The van der Waals surface area contributed by atoms with E-state index in [9.17, 15) is 9.59 Å². The molecule has 0 bridgehead atoms. The zero-order chi connectivity index (χ0) is 19.7. The van der Waals surface area contributed by atoms with Crippen LogP contribution in [-0.2, 0) is 23.1 Å². The van der Waals surface area contributed by atoms with Gasteiger partial charge in [-0.3, -0.25) is 9.59 Å². The Morgan fingerprint density at radius 3 is 2.83 bits per heavy atom. The SMILES string of the molecule is CCc1ccccc1N1CC(C(=O)N2CCNCC2c2nccn2C)CC1=O.Cl. The first-order valence-corrected chi connectivity index (χ1v) is 9.96. The zero-order valence-electron chi connectivity index (χ0n) is 16.9. The van der Waals surface area contributed by atoms with Crippen LogP contribution in [0.4, 0.5) is 5.69 Å². The Balaban J connectivity index is 0.00000240. The number of aromatic nitrogens is 2. The minimum Gasteiger partial charge on any atom is -0.336 e. The molecule has 1 aromatic heterocycles. The lowest BCUT2D eigenvalue weighted by Gasteiger charge is -2.37. The van der Waals surface area contributed by atoms with Crippen molar-refractivity contribution in [1.82, 2.24) is 19.8 Å². The summed E-state index contributed by atoms with van der Waals surface area (Å²) in [6, 6.07) is 7.86. The number of anilines is 1. The molecule has 2 aliphatic rings. The van der Waals surface area contributed by atoms with Gasteiger partial charge in [-0.05, 0) is 18.1 Å². The first-order valence-electron chi connectivity index (χ1n) is 9.96. The largest absolute Gasteiger partial charge is 0.336 e. The number of para-hydroxylation sites is 1. The van der Waals surface area contributed by atoms with Crippen molar-refractivity contribution in [3.63, 3.8) is 0 Å². The highest BCUT2D eigenvalue weighted by Crippen LogP contribution is 2.31. The summed E-state index contributed by atoms with van der Waals surface area (Å²) in [4.78, 5) is 34.3. The second-order valence-corrected chi connectivity index (χ2v) is 7.54. The fourth-order valence-electron chi connectivity index (χ4n) is 4.31. The summed E-state index contributed by atoms with van der Waals surface area (Å²) in [5.74, 6) is 0.651. The van der Waals surface area contributed by atoms with Crippen molar-refractivity contribution in [2.75, 3.05) is 31.1 Å². The monoisotopic (exact) mass is 417 g/mol. The average Bonchev–Trinajstić information content (AvgIpc) is 3.33. The molecule has 2 aromatic rings. The number of rotatable bonds is 4. The van der Waals surface area contributed by atoms with E-state index in [-0.39, 0.29) is 42.6 Å². The second-order valence-electron chi connectivity index (χ2n) is 7.54. The lowest BCUT2D eigenvalue weighted by atomic mass is 10.0. The zero-order valence-corrected chi connectivity index (χ0v) is 17.7. The molecule has 0 radical (unpaired) electrons. The highest BCUT2D eigenvalue weighted by atomic mass is 35.5. The van der Waals surface area contributed by atoms with Gasteiger partial charge in [0.1, 0.15) is 11.9 Å². The summed E-state index contributed by atoms with van der Waals surface area (Å²) in [7, 11) is 1.95. The van der Waals surface area contributed by atoms with Crippen molar-refractivity contribution >= 4 is 29.9 Å². The number of halogens is 1. The third-order valence-electron chi connectivity index (χ3n) is 5.82. The number of aryl methyl sites for hydroxylation is 2. The van der Waals surface area contributed by atoms with Gasteiger partial charge >= 0.3 is 0 Å². The van der Waals surface area contributed by atoms with Crippen LogP contribution >= 0.6 is 12.4 Å². The summed E-state index contributed by atoms with van der Waals surface area (Å²) in [6.07, 6.45) is 4.79. The molecule has 7 nitrogen and oxygen atoms in total. The van der Waals surface area contributed by atoms with Gasteiger partial charge in [0, 0.05) is 57.7 Å². The van der Waals surface area contributed by atoms with Crippen LogP contribution in [0.5, 0.6) is 0 Å². The molecular weight excluding hydrogens is 390 g/mol. The Morgan fingerprint density at radius 2 is 2.10 bits per heavy atom. The van der Waals surface area contributed by atoms with E-state index >= 15 is 0 Å². The molecule has 0 aliphatic carbocycles. The molecule has 3 heterocycles. The van der Waals surface area contributed by atoms with E-state index in [1.54, 1.807) is 11.1 Å². The number of imidazole rings is 1. The number of nitrogens with zero attached hydrogens (tertiary/aromatic N) is 4. The van der Waals surface area contributed by atoms with Gasteiger partial charge in [0.05, 0.1) is 5.92 Å². The topological polar surface area (TPSA) is 70.5 Å². The highest BCUT2D eigenvalue weighted by molar-refractivity contribution is 6.00. The molecule has 1 aromatic carbocycles. The van der Waals surface area contributed by atoms with Crippen molar-refractivity contribution in [2.45, 2.75) is 25.8 Å². The summed E-state index contributed by atoms with van der Waals surface area (Å²) >= 11 is 0. The summed E-state index contributed by atoms with van der Waals surface area (Å²) in [5.41, 5.74) is 2.07. The fourth-order valence-corrected chi connectivity index (χ4v) is 4.31. The Kier molecular flexibility index (Phi) is 6.59. The van der Waals surface area contributed by atoms with Crippen LogP contribution in [0.1, 0.15) is 30.8 Å². The molecule has 156 valence electrons. The van der Waals surface area contributed by atoms with Crippen molar-refractivity contribution < 1.29 is 9.59 Å². The van der Waals surface area contributed by atoms with E-state index in [0.29, 0.717) is 19.6 Å². The van der Waals surface area contributed by atoms with Crippen molar-refractivity contribution in [1.29, 1.82) is 0 Å². The predicted octanol–water partition coefficient (Wildman–Crippen LogP) is 1.93. The van der Waals surface area contributed by atoms with Gasteiger partial charge in [0.25, 0.3) is 0 Å². The smallest absolute Gasteiger partial charge is 0.228 e. The standard InChI is InChI=1S/C21H27N5O2.ClH/c1-3-15-6-4-5-7-17(15)26-14-16(12-19(26)27)21(28)25-11-8-22-13-18(25)20-23-9-10-24(20)2;/h4-7,9-10,16,18,22H,3,8,11-14H2,1-2H3;1H. The van der Waals surface area contributed by atoms with E-state index in [0.717, 1.165) is 30.0 Å². The lowest BCUT2D eigenvalue weighted by molar-refractivity contribution is -0.139.